The van der Waals surface area contributed by atoms with Crippen LogP contribution >= 0.6 is 0 Å². The summed E-state index contributed by atoms with van der Waals surface area (Å²) in [5, 5.41) is 33.0. The van der Waals surface area contributed by atoms with E-state index >= 15 is 0 Å². The van der Waals surface area contributed by atoms with Crippen molar-refractivity contribution in [2.24, 2.45) is 39.6 Å². The van der Waals surface area contributed by atoms with Crippen LogP contribution in [0.15, 0.2) is 4.99 Å². The first kappa shape index (κ1) is 49.4. The van der Waals surface area contributed by atoms with Gasteiger partial charge in [0.1, 0.15) is 36.3 Å². The van der Waals surface area contributed by atoms with Crippen LogP contribution in [0.3, 0.4) is 0 Å². The minimum atomic E-state index is -1.57. The number of primary amides is 1. The number of carboxylic acid groups (broad SMARTS) is 1. The maximum absolute atomic E-state index is 13.3. The summed E-state index contributed by atoms with van der Waals surface area (Å²) < 4.78 is 0. The molecule has 1 saturated heterocycles. The Hall–Kier alpha value is -5.62. The summed E-state index contributed by atoms with van der Waals surface area (Å²) in [5.74, 6) is -8.62. The first-order valence-corrected chi connectivity index (χ1v) is 18.5. The molecule has 1 rings (SSSR count). The van der Waals surface area contributed by atoms with Crippen LogP contribution in [-0.2, 0) is 43.2 Å². The molecule has 24 heteroatoms. The van der Waals surface area contributed by atoms with Crippen molar-refractivity contribution in [3.05, 3.63) is 0 Å². The van der Waals surface area contributed by atoms with E-state index in [2.05, 4.69) is 36.9 Å². The van der Waals surface area contributed by atoms with Gasteiger partial charge in [-0.2, -0.15) is 0 Å². The van der Waals surface area contributed by atoms with Crippen LogP contribution in [0.2, 0.25) is 0 Å². The number of guanidine groups is 1. The molecule has 24 nitrogen and oxygen atoms in total. The fraction of sp³-hybridized carbons (Fsp3) is 0.697. The summed E-state index contributed by atoms with van der Waals surface area (Å²) in [6, 6.07) is -7.55. The molecule has 6 atom stereocenters. The average Bonchev–Trinajstić information content (AvgIpc) is 3.65. The van der Waals surface area contributed by atoms with Crippen LogP contribution in [-0.4, -0.2) is 150 Å². The second-order valence-corrected chi connectivity index (χ2v) is 13.7. The molecule has 0 spiro atoms. The van der Waals surface area contributed by atoms with Gasteiger partial charge in [-0.05, 0) is 57.4 Å². The Morgan fingerprint density at radius 3 is 1.88 bits per heavy atom. The number of aliphatic imine (C=N–C) groups is 1. The van der Waals surface area contributed by atoms with E-state index in [1.165, 1.54) is 4.90 Å². The van der Waals surface area contributed by atoms with Crippen molar-refractivity contribution in [2.45, 2.75) is 101 Å². The molecule has 8 amide bonds. The molecule has 1 aliphatic rings. The minimum Gasteiger partial charge on any atom is -0.480 e. The number of unbranched alkanes of at least 4 members (excludes halogenated alkanes) is 1. The van der Waals surface area contributed by atoms with Crippen LogP contribution in [0.25, 0.3) is 0 Å². The highest BCUT2D eigenvalue weighted by Gasteiger charge is 2.38. The highest BCUT2D eigenvalue weighted by Crippen LogP contribution is 2.19. The molecule has 1 aliphatic heterocycles. The number of aliphatic hydroxyl groups is 1. The van der Waals surface area contributed by atoms with E-state index in [0.717, 1.165) is 0 Å². The molecule has 18 N–H and O–H groups in total. The summed E-state index contributed by atoms with van der Waals surface area (Å²) in [5.41, 5.74) is 27.1. The van der Waals surface area contributed by atoms with Gasteiger partial charge in [0.15, 0.2) is 5.96 Å². The first-order valence-electron chi connectivity index (χ1n) is 18.5. The summed E-state index contributed by atoms with van der Waals surface area (Å²) in [7, 11) is 0. The molecule has 0 aromatic heterocycles. The van der Waals surface area contributed by atoms with Crippen molar-refractivity contribution < 1.29 is 53.4 Å². The number of aliphatic carboxylic acids is 1. The number of carboxylic acids is 1. The molecule has 1 heterocycles. The zero-order chi connectivity index (χ0) is 43.2. The third-order valence-corrected chi connectivity index (χ3v) is 8.66. The standard InChI is InChI=1S/C33H59N13O11/c1-17(2)26(45-27(51)18(35)16-47)30(54)44-21(13-23(36)48)29(53)41-14-24(49)42-19(7-3-4-10-34)28(52)40-15-25(50)43-20(8-5-11-39-33(37)38)31(55)46-12-6-9-22(46)32(56)57/h17-22,26,47H,3-16,34-35H2,1-2H3,(H2,36,48)(H,40,52)(H,41,53)(H,42,49)(H,43,50)(H,44,54)(H,45,51)(H,56,57)(H4,37,38,39)/t18-,19-,20-,21-,22-,26-/m0/s1. The number of nitrogens with one attached hydrogen (secondary N) is 6. The Morgan fingerprint density at radius 1 is 0.772 bits per heavy atom. The van der Waals surface area contributed by atoms with E-state index in [1.54, 1.807) is 13.8 Å². The molecule has 1 fully saturated rings. The average molecular weight is 814 g/mol. The SMILES string of the molecule is CC(C)[C@H](NC(=O)[C@@H](N)CO)C(=O)N[C@@H](CC(N)=O)C(=O)NCC(=O)N[C@@H](CCCCN)C(=O)NCC(=O)N[C@@H](CCCN=C(N)N)C(=O)N1CCC[C@H]1C(=O)O. The molecule has 0 saturated carbocycles. The van der Waals surface area contributed by atoms with Gasteiger partial charge < -0.3 is 75.7 Å². The van der Waals surface area contributed by atoms with Crippen LogP contribution in [0.1, 0.15) is 65.2 Å². The number of rotatable bonds is 26. The molecule has 0 aliphatic carbocycles. The van der Waals surface area contributed by atoms with Gasteiger partial charge in [-0.25, -0.2) is 4.79 Å². The lowest BCUT2D eigenvalue weighted by atomic mass is 10.0. The lowest BCUT2D eigenvalue weighted by molar-refractivity contribution is -0.149. The number of nitrogens with two attached hydrogens (primary N) is 5. The fourth-order valence-corrected chi connectivity index (χ4v) is 5.63. The highest BCUT2D eigenvalue weighted by atomic mass is 16.4. The lowest BCUT2D eigenvalue weighted by Gasteiger charge is -2.27. The van der Waals surface area contributed by atoms with E-state index < -0.39 is 122 Å². The zero-order valence-electron chi connectivity index (χ0n) is 32.3. The Morgan fingerprint density at radius 2 is 1.35 bits per heavy atom. The minimum absolute atomic E-state index is 0.0554. The summed E-state index contributed by atoms with van der Waals surface area (Å²) in [4.78, 5) is 119. The number of likely N-dealkylation sites (tertiary alicyclic amines) is 1. The molecule has 57 heavy (non-hydrogen) atoms. The first-order chi connectivity index (χ1) is 26.8. The Balaban J connectivity index is 2.96. The molecule has 0 radical (unpaired) electrons. The van der Waals surface area contributed by atoms with Gasteiger partial charge in [0.2, 0.25) is 47.3 Å². The number of aliphatic hydroxyl groups excluding tert-OH is 1. The maximum Gasteiger partial charge on any atom is 0.326 e. The molecule has 322 valence electrons. The van der Waals surface area contributed by atoms with Crippen molar-refractivity contribution in [1.29, 1.82) is 0 Å². The van der Waals surface area contributed by atoms with Gasteiger partial charge in [-0.15, -0.1) is 0 Å². The van der Waals surface area contributed by atoms with Crippen molar-refractivity contribution in [1.82, 2.24) is 36.8 Å². The number of nitrogens with zero attached hydrogens (tertiary/aromatic N) is 2. The van der Waals surface area contributed by atoms with Crippen molar-refractivity contribution in [3.8, 4) is 0 Å². The van der Waals surface area contributed by atoms with Crippen molar-refractivity contribution in [3.63, 3.8) is 0 Å². The Labute approximate surface area is 329 Å². The van der Waals surface area contributed by atoms with E-state index in [-0.39, 0.29) is 51.3 Å². The predicted octanol–water partition coefficient (Wildman–Crippen LogP) is -6.73. The molecule has 0 unspecified atom stereocenters. The zero-order valence-corrected chi connectivity index (χ0v) is 32.3. The number of amides is 8. The molecular weight excluding hydrogens is 754 g/mol. The molecule has 0 bridgehead atoms. The van der Waals surface area contributed by atoms with Crippen LogP contribution in [0.5, 0.6) is 0 Å². The third kappa shape index (κ3) is 18.3. The van der Waals surface area contributed by atoms with Gasteiger partial charge in [0.05, 0.1) is 26.1 Å². The van der Waals surface area contributed by atoms with Crippen LogP contribution < -0.4 is 60.6 Å². The lowest BCUT2D eigenvalue weighted by Crippen LogP contribution is -2.58. The van der Waals surface area contributed by atoms with Gasteiger partial charge in [0, 0.05) is 13.1 Å². The fourth-order valence-electron chi connectivity index (χ4n) is 5.63. The van der Waals surface area contributed by atoms with Crippen molar-refractivity contribution in [2.75, 3.05) is 39.3 Å². The molecule has 0 aromatic carbocycles. The topological polar surface area (TPSA) is 412 Å². The smallest absolute Gasteiger partial charge is 0.326 e. The number of hydrogen-bond acceptors (Lipinski definition) is 13. The van der Waals surface area contributed by atoms with Gasteiger partial charge >= 0.3 is 5.97 Å². The quantitative estimate of drug-likeness (QED) is 0.0219. The van der Waals surface area contributed by atoms with Crippen LogP contribution in [0.4, 0.5) is 0 Å². The van der Waals surface area contributed by atoms with Crippen molar-refractivity contribution >= 4 is 59.2 Å². The van der Waals surface area contributed by atoms with Gasteiger partial charge in [0.25, 0.3) is 0 Å². The van der Waals surface area contributed by atoms with Gasteiger partial charge in [-0.3, -0.25) is 43.3 Å². The van der Waals surface area contributed by atoms with E-state index in [0.29, 0.717) is 19.3 Å². The number of carbonyl (C=O) groups is 9. The largest absolute Gasteiger partial charge is 0.480 e. The van der Waals surface area contributed by atoms with Gasteiger partial charge in [-0.1, -0.05) is 13.8 Å². The Kier molecular flexibility index (Phi) is 22.1. The normalized spacial score (nSPS) is 16.2. The molecular formula is C33H59N13O11. The highest BCUT2D eigenvalue weighted by molar-refractivity contribution is 5.97. The van der Waals surface area contributed by atoms with E-state index in [1.807, 2.05) is 0 Å². The Bertz CT molecular complexity index is 1460. The maximum atomic E-state index is 13.3. The summed E-state index contributed by atoms with van der Waals surface area (Å²) in [6.45, 7) is 1.71. The monoisotopic (exact) mass is 813 g/mol. The van der Waals surface area contributed by atoms with Crippen LogP contribution in [0, 0.1) is 5.92 Å². The third-order valence-electron chi connectivity index (χ3n) is 8.66. The van der Waals surface area contributed by atoms with E-state index in [9.17, 15) is 48.3 Å². The number of carbonyl (C=O) groups excluding carboxylic acids is 8. The second kappa shape index (κ2) is 25.5. The predicted molar refractivity (Wildman–Crippen MR) is 203 cm³/mol. The number of hydrogen-bond donors (Lipinski definition) is 13. The van der Waals surface area contributed by atoms with E-state index in [4.69, 9.17) is 33.8 Å². The second-order valence-electron chi connectivity index (χ2n) is 13.7. The molecule has 0 aromatic rings. The summed E-state index contributed by atoms with van der Waals surface area (Å²) in [6.07, 6.45) is 1.27. The summed E-state index contributed by atoms with van der Waals surface area (Å²) >= 11 is 0.